The Bertz CT molecular complexity index is 892. The van der Waals surface area contributed by atoms with E-state index in [4.69, 9.17) is 4.74 Å². The molecule has 9 heteroatoms. The van der Waals surface area contributed by atoms with Crippen LogP contribution < -0.4 is 4.90 Å². The molecule has 1 saturated carbocycles. The van der Waals surface area contributed by atoms with Gasteiger partial charge in [0.2, 0.25) is 11.8 Å². The molecule has 1 heterocycles. The number of carbonyl (C=O) groups is 3. The van der Waals surface area contributed by atoms with Crippen molar-refractivity contribution in [1.82, 2.24) is 4.90 Å². The van der Waals surface area contributed by atoms with Crippen LogP contribution in [0, 0.1) is 5.41 Å². The van der Waals surface area contributed by atoms with Crippen molar-refractivity contribution in [2.75, 3.05) is 18.0 Å². The van der Waals surface area contributed by atoms with Crippen molar-refractivity contribution in [2.45, 2.75) is 83.3 Å². The Kier molecular flexibility index (Phi) is 7.53. The number of carboxylic acids is 1. The molecule has 2 fully saturated rings. The van der Waals surface area contributed by atoms with Crippen LogP contribution in [-0.4, -0.2) is 58.6 Å². The van der Waals surface area contributed by atoms with E-state index in [1.165, 1.54) is 9.80 Å². The largest absolute Gasteiger partial charge is 0.481 e. The number of benzene rings is 1. The summed E-state index contributed by atoms with van der Waals surface area (Å²) in [6, 6.07) is 7.89. The first kappa shape index (κ1) is 25.9. The third kappa shape index (κ3) is 6.24. The highest BCUT2D eigenvalue weighted by molar-refractivity contribution is 5.97. The van der Waals surface area contributed by atoms with Crippen LogP contribution in [0.25, 0.3) is 0 Å². The van der Waals surface area contributed by atoms with Crippen LogP contribution in [0.3, 0.4) is 0 Å². The average Bonchev–Trinajstić information content (AvgIpc) is 2.73. The van der Waals surface area contributed by atoms with Gasteiger partial charge in [-0.1, -0.05) is 18.2 Å². The van der Waals surface area contributed by atoms with Crippen molar-refractivity contribution in [3.63, 3.8) is 0 Å². The van der Waals surface area contributed by atoms with Crippen LogP contribution in [-0.2, 0) is 14.3 Å². The number of rotatable bonds is 5. The Labute approximate surface area is 199 Å². The molecule has 7 nitrogen and oxygen atoms in total. The molecule has 0 radical (unpaired) electrons. The molecule has 2 aliphatic rings. The van der Waals surface area contributed by atoms with Gasteiger partial charge in [0.05, 0.1) is 5.41 Å². The summed E-state index contributed by atoms with van der Waals surface area (Å²) in [6.07, 6.45) is -0.603. The van der Waals surface area contributed by atoms with Crippen LogP contribution in [0.5, 0.6) is 0 Å². The minimum atomic E-state index is -2.86. The molecular weight excluding hydrogens is 446 g/mol. The highest BCUT2D eigenvalue weighted by Gasteiger charge is 2.47. The summed E-state index contributed by atoms with van der Waals surface area (Å²) in [7, 11) is 0. The van der Waals surface area contributed by atoms with E-state index in [-0.39, 0.29) is 38.8 Å². The fourth-order valence-corrected chi connectivity index (χ4v) is 4.80. The van der Waals surface area contributed by atoms with E-state index < -0.39 is 47.4 Å². The van der Waals surface area contributed by atoms with E-state index in [0.717, 1.165) is 0 Å². The van der Waals surface area contributed by atoms with Gasteiger partial charge in [-0.15, -0.1) is 0 Å². The third-order valence-corrected chi connectivity index (χ3v) is 6.60. The lowest BCUT2D eigenvalue weighted by Crippen LogP contribution is -2.52. The molecule has 1 aliphatic carbocycles. The van der Waals surface area contributed by atoms with Gasteiger partial charge in [0.25, 0.3) is 0 Å². The van der Waals surface area contributed by atoms with E-state index >= 15 is 0 Å². The van der Waals surface area contributed by atoms with Gasteiger partial charge >= 0.3 is 12.1 Å². The zero-order chi connectivity index (χ0) is 25.1. The standard InChI is InChI=1S/C25H34F2N2O5/c1-23(2,3)34-22(33)28-14-12-24(13-15-28,21(31)32)17-20(30)29(18-8-5-4-6-9-18)19-10-7-11-25(26,27)16-19/h4-6,8-9,19H,7,10-17H2,1-3H3,(H,31,32). The molecule has 0 spiro atoms. The van der Waals surface area contributed by atoms with Crippen molar-refractivity contribution >= 4 is 23.7 Å². The summed E-state index contributed by atoms with van der Waals surface area (Å²) in [5.41, 5.74) is -1.56. The zero-order valence-electron chi connectivity index (χ0n) is 20.1. The Morgan fingerprint density at radius 3 is 2.26 bits per heavy atom. The molecule has 1 aromatic rings. The first-order valence-corrected chi connectivity index (χ1v) is 11.8. The van der Waals surface area contributed by atoms with Crippen molar-refractivity contribution in [3.05, 3.63) is 30.3 Å². The normalized spacial score (nSPS) is 22.0. The second-order valence-electron chi connectivity index (χ2n) is 10.4. The van der Waals surface area contributed by atoms with Crippen molar-refractivity contribution in [2.24, 2.45) is 5.41 Å². The number of piperidine rings is 1. The molecule has 3 rings (SSSR count). The van der Waals surface area contributed by atoms with E-state index in [9.17, 15) is 28.3 Å². The lowest BCUT2D eigenvalue weighted by Gasteiger charge is -2.42. The maximum absolute atomic E-state index is 14.2. The number of hydrogen-bond acceptors (Lipinski definition) is 4. The number of carboxylic acid groups (broad SMARTS) is 1. The fraction of sp³-hybridized carbons (Fsp3) is 0.640. The van der Waals surface area contributed by atoms with E-state index in [0.29, 0.717) is 18.5 Å². The van der Waals surface area contributed by atoms with Crippen LogP contribution in [0.2, 0.25) is 0 Å². The molecule has 34 heavy (non-hydrogen) atoms. The van der Waals surface area contributed by atoms with E-state index in [1.54, 1.807) is 51.1 Å². The van der Waals surface area contributed by atoms with Crippen molar-refractivity contribution in [1.29, 1.82) is 0 Å². The number of halogens is 2. The monoisotopic (exact) mass is 480 g/mol. The molecule has 0 aromatic heterocycles. The number of alkyl halides is 2. The summed E-state index contributed by atoms with van der Waals surface area (Å²) in [4.78, 5) is 41.1. The first-order valence-electron chi connectivity index (χ1n) is 11.8. The van der Waals surface area contributed by atoms with Crippen LogP contribution >= 0.6 is 0 Å². The van der Waals surface area contributed by atoms with Gasteiger partial charge in [-0.3, -0.25) is 9.59 Å². The number of likely N-dealkylation sites (tertiary alicyclic amines) is 1. The van der Waals surface area contributed by atoms with Gasteiger partial charge in [0.1, 0.15) is 5.60 Å². The number of hydrogen-bond donors (Lipinski definition) is 1. The average molecular weight is 481 g/mol. The van der Waals surface area contributed by atoms with E-state index in [2.05, 4.69) is 0 Å². The molecular formula is C25H34F2N2O5. The summed E-state index contributed by atoms with van der Waals surface area (Å²) in [5.74, 6) is -4.46. The van der Waals surface area contributed by atoms with Crippen LogP contribution in [0.4, 0.5) is 19.3 Å². The van der Waals surface area contributed by atoms with Gasteiger partial charge in [-0.25, -0.2) is 13.6 Å². The highest BCUT2D eigenvalue weighted by atomic mass is 19.3. The zero-order valence-corrected chi connectivity index (χ0v) is 20.1. The lowest BCUT2D eigenvalue weighted by atomic mass is 9.75. The number of aliphatic carboxylic acids is 1. The Balaban J connectivity index is 1.79. The van der Waals surface area contributed by atoms with Crippen molar-refractivity contribution in [3.8, 4) is 0 Å². The maximum Gasteiger partial charge on any atom is 0.410 e. The molecule has 1 N–H and O–H groups in total. The Morgan fingerprint density at radius 2 is 1.74 bits per heavy atom. The van der Waals surface area contributed by atoms with Gasteiger partial charge in [-0.05, 0) is 58.6 Å². The van der Waals surface area contributed by atoms with Crippen molar-refractivity contribution < 1.29 is 33.0 Å². The third-order valence-electron chi connectivity index (χ3n) is 6.60. The van der Waals surface area contributed by atoms with Gasteiger partial charge in [0, 0.05) is 44.1 Å². The van der Waals surface area contributed by atoms with Gasteiger partial charge in [0.15, 0.2) is 0 Å². The predicted octanol–water partition coefficient (Wildman–Crippen LogP) is 5.09. The molecule has 1 atom stereocenters. The predicted molar refractivity (Wildman–Crippen MR) is 123 cm³/mol. The number of amides is 2. The molecule has 188 valence electrons. The number of para-hydroxylation sites is 1. The number of carbonyl (C=O) groups excluding carboxylic acids is 2. The summed E-state index contributed by atoms with van der Waals surface area (Å²) in [5, 5.41) is 10.1. The molecule has 1 unspecified atom stereocenters. The lowest BCUT2D eigenvalue weighted by molar-refractivity contribution is -0.155. The van der Waals surface area contributed by atoms with Crippen LogP contribution in [0.15, 0.2) is 30.3 Å². The maximum atomic E-state index is 14.2. The minimum Gasteiger partial charge on any atom is -0.481 e. The summed E-state index contributed by atoms with van der Waals surface area (Å²) < 4.78 is 33.8. The molecule has 2 amide bonds. The second kappa shape index (κ2) is 9.88. The SMILES string of the molecule is CC(C)(C)OC(=O)N1CCC(CC(=O)N(c2ccccc2)C2CCCC(F)(F)C2)(C(=O)O)CC1. The van der Waals surface area contributed by atoms with E-state index in [1.807, 2.05) is 0 Å². The van der Waals surface area contributed by atoms with Crippen LogP contribution in [0.1, 0.15) is 65.7 Å². The molecule has 1 saturated heterocycles. The second-order valence-corrected chi connectivity index (χ2v) is 10.4. The molecule has 1 aromatic carbocycles. The van der Waals surface area contributed by atoms with Gasteiger partial charge in [-0.2, -0.15) is 0 Å². The smallest absolute Gasteiger partial charge is 0.410 e. The number of ether oxygens (including phenoxy) is 1. The van der Waals surface area contributed by atoms with Gasteiger partial charge < -0.3 is 19.6 Å². The summed E-state index contributed by atoms with van der Waals surface area (Å²) >= 11 is 0. The summed E-state index contributed by atoms with van der Waals surface area (Å²) in [6.45, 7) is 5.54. The Hall–Kier alpha value is -2.71. The fourth-order valence-electron chi connectivity index (χ4n) is 4.80. The first-order chi connectivity index (χ1) is 15.8. The highest BCUT2D eigenvalue weighted by Crippen LogP contribution is 2.40. The molecule has 0 bridgehead atoms. The Morgan fingerprint density at radius 1 is 1.12 bits per heavy atom. The molecule has 1 aliphatic heterocycles. The quantitative estimate of drug-likeness (QED) is 0.634. The minimum absolute atomic E-state index is 0.0801. The number of anilines is 1. The topological polar surface area (TPSA) is 87.2 Å². The number of nitrogens with zero attached hydrogens (tertiary/aromatic N) is 2.